The molecule has 17 heavy (non-hydrogen) atoms. The fraction of sp³-hybridized carbons (Fsp3) is 0.308. The highest BCUT2D eigenvalue weighted by Crippen LogP contribution is 2.21. The van der Waals surface area contributed by atoms with E-state index in [0.29, 0.717) is 6.54 Å². The Morgan fingerprint density at radius 3 is 2.47 bits per heavy atom. The Labute approximate surface area is 115 Å². The summed E-state index contributed by atoms with van der Waals surface area (Å²) < 4.78 is 2.94. The molecule has 1 heterocycles. The number of halogens is 2. The molecule has 0 aliphatic heterocycles. The molecule has 90 valence electrons. The quantitative estimate of drug-likeness (QED) is 0.829. The van der Waals surface area contributed by atoms with E-state index < -0.39 is 0 Å². The number of aryl methyl sites for hydroxylation is 1. The number of benzene rings is 1. The molecule has 0 N–H and O–H groups in total. The van der Waals surface area contributed by atoms with E-state index in [0.717, 1.165) is 27.3 Å². The van der Waals surface area contributed by atoms with Gasteiger partial charge in [0.2, 0.25) is 0 Å². The van der Waals surface area contributed by atoms with E-state index in [-0.39, 0.29) is 0 Å². The number of rotatable bonds is 3. The molecule has 0 fully saturated rings. The summed E-state index contributed by atoms with van der Waals surface area (Å²) in [6, 6.07) is 8.20. The topological polar surface area (TPSA) is 17.8 Å². The van der Waals surface area contributed by atoms with Crippen LogP contribution in [-0.2, 0) is 13.0 Å². The van der Waals surface area contributed by atoms with Crippen molar-refractivity contribution in [2.45, 2.75) is 26.8 Å². The first kappa shape index (κ1) is 12.7. The monoisotopic (exact) mass is 312 g/mol. The molecule has 2 nitrogen and oxygen atoms in total. The third kappa shape index (κ3) is 2.72. The van der Waals surface area contributed by atoms with Crippen molar-refractivity contribution in [2.24, 2.45) is 0 Å². The molecule has 0 aliphatic rings. The predicted octanol–water partition coefficient (Wildman–Crippen LogP) is 4.22. The van der Waals surface area contributed by atoms with Gasteiger partial charge < -0.3 is 0 Å². The number of hydrogen-bond acceptors (Lipinski definition) is 1. The standard InChI is InChI=1S/C13H14BrClN2/c1-3-12-9(2)16-17(13(12)15)8-10-4-6-11(14)7-5-10/h4-7H,3,8H2,1-2H3. The van der Waals surface area contributed by atoms with Crippen molar-refractivity contribution in [1.29, 1.82) is 0 Å². The zero-order valence-corrected chi connectivity index (χ0v) is 12.2. The van der Waals surface area contributed by atoms with E-state index in [1.807, 2.05) is 23.7 Å². The summed E-state index contributed by atoms with van der Waals surface area (Å²) in [6.45, 7) is 4.82. The van der Waals surface area contributed by atoms with Gasteiger partial charge in [0.25, 0.3) is 0 Å². The van der Waals surface area contributed by atoms with E-state index in [1.54, 1.807) is 0 Å². The van der Waals surface area contributed by atoms with E-state index in [1.165, 1.54) is 5.56 Å². The van der Waals surface area contributed by atoms with Crippen molar-refractivity contribution in [1.82, 2.24) is 9.78 Å². The van der Waals surface area contributed by atoms with Crippen molar-refractivity contribution >= 4 is 27.5 Å². The van der Waals surface area contributed by atoms with Gasteiger partial charge in [-0.25, -0.2) is 4.68 Å². The van der Waals surface area contributed by atoms with Crippen molar-refractivity contribution in [3.8, 4) is 0 Å². The summed E-state index contributed by atoms with van der Waals surface area (Å²) in [5, 5.41) is 5.23. The lowest BCUT2D eigenvalue weighted by Gasteiger charge is -2.04. The van der Waals surface area contributed by atoms with E-state index in [4.69, 9.17) is 11.6 Å². The highest BCUT2D eigenvalue weighted by molar-refractivity contribution is 9.10. The van der Waals surface area contributed by atoms with Gasteiger partial charge in [0.05, 0.1) is 12.2 Å². The third-order valence-electron chi connectivity index (χ3n) is 2.78. The third-order valence-corrected chi connectivity index (χ3v) is 3.73. The minimum Gasteiger partial charge on any atom is -0.249 e. The molecule has 0 saturated heterocycles. The largest absolute Gasteiger partial charge is 0.249 e. The maximum Gasteiger partial charge on any atom is 0.130 e. The molecule has 0 saturated carbocycles. The van der Waals surface area contributed by atoms with Crippen molar-refractivity contribution < 1.29 is 0 Å². The first-order chi connectivity index (χ1) is 8.11. The van der Waals surface area contributed by atoms with Crippen molar-refractivity contribution in [3.05, 3.63) is 50.7 Å². The minimum absolute atomic E-state index is 0.715. The van der Waals surface area contributed by atoms with Crippen LogP contribution >= 0.6 is 27.5 Å². The first-order valence-electron chi connectivity index (χ1n) is 5.58. The fourth-order valence-electron chi connectivity index (χ4n) is 1.86. The van der Waals surface area contributed by atoms with E-state index in [9.17, 15) is 0 Å². The second kappa shape index (κ2) is 5.23. The zero-order chi connectivity index (χ0) is 12.4. The zero-order valence-electron chi connectivity index (χ0n) is 9.87. The summed E-state index contributed by atoms with van der Waals surface area (Å²) in [6.07, 6.45) is 0.922. The summed E-state index contributed by atoms with van der Waals surface area (Å²) in [5.41, 5.74) is 3.36. The van der Waals surface area contributed by atoms with Crippen LogP contribution in [0.25, 0.3) is 0 Å². The van der Waals surface area contributed by atoms with Crippen LogP contribution in [-0.4, -0.2) is 9.78 Å². The number of hydrogen-bond donors (Lipinski definition) is 0. The van der Waals surface area contributed by atoms with E-state index >= 15 is 0 Å². The molecule has 4 heteroatoms. The van der Waals surface area contributed by atoms with Gasteiger partial charge in [-0.3, -0.25) is 0 Å². The van der Waals surface area contributed by atoms with Crippen LogP contribution in [0.2, 0.25) is 5.15 Å². The number of aromatic nitrogens is 2. The molecule has 1 aromatic heterocycles. The molecule has 1 aromatic carbocycles. The summed E-state index contributed by atoms with van der Waals surface area (Å²) in [5.74, 6) is 0. The fourth-order valence-corrected chi connectivity index (χ4v) is 2.49. The Morgan fingerprint density at radius 1 is 1.29 bits per heavy atom. The molecule has 0 bridgehead atoms. The highest BCUT2D eigenvalue weighted by atomic mass is 79.9. The van der Waals surface area contributed by atoms with Crippen LogP contribution in [0.5, 0.6) is 0 Å². The van der Waals surface area contributed by atoms with Gasteiger partial charge in [-0.2, -0.15) is 5.10 Å². The van der Waals surface area contributed by atoms with Crippen molar-refractivity contribution in [3.63, 3.8) is 0 Å². The molecule has 0 aliphatic carbocycles. The lowest BCUT2D eigenvalue weighted by atomic mass is 10.2. The van der Waals surface area contributed by atoms with Crippen molar-refractivity contribution in [2.75, 3.05) is 0 Å². The normalized spacial score (nSPS) is 10.8. The molecule has 0 atom stereocenters. The van der Waals surface area contributed by atoms with Crippen LogP contribution in [0.3, 0.4) is 0 Å². The molecule has 0 radical (unpaired) electrons. The Morgan fingerprint density at radius 2 is 1.94 bits per heavy atom. The Bertz CT molecular complexity index is 517. The summed E-state index contributed by atoms with van der Waals surface area (Å²) in [7, 11) is 0. The number of nitrogens with zero attached hydrogens (tertiary/aromatic N) is 2. The van der Waals surface area contributed by atoms with Gasteiger partial charge in [-0.1, -0.05) is 46.6 Å². The summed E-state index contributed by atoms with van der Waals surface area (Å²) in [4.78, 5) is 0. The molecule has 0 unspecified atom stereocenters. The van der Waals surface area contributed by atoms with Crippen LogP contribution in [0.4, 0.5) is 0 Å². The molecular formula is C13H14BrClN2. The second-order valence-corrected chi connectivity index (χ2v) is 5.27. The minimum atomic E-state index is 0.715. The summed E-state index contributed by atoms with van der Waals surface area (Å²) >= 11 is 9.73. The average molecular weight is 314 g/mol. The second-order valence-electron chi connectivity index (χ2n) is 3.99. The van der Waals surface area contributed by atoms with Gasteiger partial charge in [0, 0.05) is 10.0 Å². The average Bonchev–Trinajstić information content (AvgIpc) is 2.57. The molecule has 0 spiro atoms. The maximum absolute atomic E-state index is 6.30. The molecule has 0 amide bonds. The smallest absolute Gasteiger partial charge is 0.130 e. The predicted molar refractivity (Wildman–Crippen MR) is 74.6 cm³/mol. The Kier molecular flexibility index (Phi) is 3.89. The van der Waals surface area contributed by atoms with Crippen LogP contribution in [0.1, 0.15) is 23.7 Å². The van der Waals surface area contributed by atoms with Gasteiger partial charge in [-0.05, 0) is 31.0 Å². The SMILES string of the molecule is CCc1c(C)nn(Cc2ccc(Br)cc2)c1Cl. The van der Waals surface area contributed by atoms with Crippen LogP contribution in [0.15, 0.2) is 28.7 Å². The Hall–Kier alpha value is -0.800. The lowest BCUT2D eigenvalue weighted by Crippen LogP contribution is -2.01. The maximum atomic E-state index is 6.30. The van der Waals surface area contributed by atoms with Gasteiger partial charge in [-0.15, -0.1) is 0 Å². The Balaban J connectivity index is 2.27. The van der Waals surface area contributed by atoms with E-state index in [2.05, 4.69) is 40.1 Å². The van der Waals surface area contributed by atoms with Gasteiger partial charge in [0.1, 0.15) is 5.15 Å². The first-order valence-corrected chi connectivity index (χ1v) is 6.75. The molecule has 2 aromatic rings. The highest BCUT2D eigenvalue weighted by Gasteiger charge is 2.11. The van der Waals surface area contributed by atoms with Gasteiger partial charge >= 0.3 is 0 Å². The van der Waals surface area contributed by atoms with Crippen LogP contribution < -0.4 is 0 Å². The lowest BCUT2D eigenvalue weighted by molar-refractivity contribution is 0.680. The molecular weight excluding hydrogens is 300 g/mol. The molecule has 2 rings (SSSR count). The van der Waals surface area contributed by atoms with Crippen LogP contribution in [0, 0.1) is 6.92 Å². The van der Waals surface area contributed by atoms with Gasteiger partial charge in [0.15, 0.2) is 0 Å².